The van der Waals surface area contributed by atoms with Crippen LogP contribution in [0.5, 0.6) is 5.75 Å². The van der Waals surface area contributed by atoms with Crippen molar-refractivity contribution in [2.75, 3.05) is 11.5 Å². The zero-order chi connectivity index (χ0) is 14.7. The van der Waals surface area contributed by atoms with Crippen molar-refractivity contribution in [3.05, 3.63) is 34.6 Å². The Labute approximate surface area is 120 Å². The first-order valence-corrected chi connectivity index (χ1v) is 6.86. The molecule has 1 heterocycles. The number of aromatic nitrogens is 2. The molecule has 0 radical (unpaired) electrons. The van der Waals surface area contributed by atoms with Gasteiger partial charge >= 0.3 is 0 Å². The second kappa shape index (κ2) is 5.87. The van der Waals surface area contributed by atoms with Gasteiger partial charge in [-0.2, -0.15) is 0 Å². The highest BCUT2D eigenvalue weighted by molar-refractivity contribution is 7.99. The Morgan fingerprint density at radius 3 is 2.70 bits per heavy atom. The summed E-state index contributed by atoms with van der Waals surface area (Å²) >= 11 is 1.28. The number of hydrogen-bond donors (Lipinski definition) is 3. The van der Waals surface area contributed by atoms with E-state index >= 15 is 0 Å². The van der Waals surface area contributed by atoms with Crippen molar-refractivity contribution in [2.45, 2.75) is 30.0 Å². The Morgan fingerprint density at radius 2 is 2.05 bits per heavy atom. The molecular formula is C13H16N4O2S. The molecular weight excluding hydrogens is 276 g/mol. The van der Waals surface area contributed by atoms with Crippen LogP contribution in [0.2, 0.25) is 0 Å². The molecule has 5 N–H and O–H groups in total. The van der Waals surface area contributed by atoms with E-state index in [2.05, 4.69) is 9.97 Å². The number of anilines is 2. The van der Waals surface area contributed by atoms with E-state index in [0.717, 1.165) is 4.90 Å². The Morgan fingerprint density at radius 1 is 1.30 bits per heavy atom. The normalized spacial score (nSPS) is 10.8. The maximum Gasteiger partial charge on any atom is 0.253 e. The van der Waals surface area contributed by atoms with Gasteiger partial charge in [0.25, 0.3) is 5.56 Å². The van der Waals surface area contributed by atoms with Crippen molar-refractivity contribution in [3.63, 3.8) is 0 Å². The number of aromatic amines is 1. The predicted molar refractivity (Wildman–Crippen MR) is 80.0 cm³/mol. The van der Waals surface area contributed by atoms with E-state index in [1.165, 1.54) is 17.8 Å². The maximum absolute atomic E-state index is 11.3. The summed E-state index contributed by atoms with van der Waals surface area (Å²) in [6.07, 6.45) is 0.0304. The van der Waals surface area contributed by atoms with Crippen LogP contribution in [0.25, 0.3) is 0 Å². The molecule has 0 fully saturated rings. The van der Waals surface area contributed by atoms with E-state index in [9.17, 15) is 4.79 Å². The van der Waals surface area contributed by atoms with Gasteiger partial charge in [-0.25, -0.2) is 4.98 Å². The van der Waals surface area contributed by atoms with Gasteiger partial charge in [-0.1, -0.05) is 11.8 Å². The zero-order valence-electron chi connectivity index (χ0n) is 11.2. The van der Waals surface area contributed by atoms with Gasteiger partial charge in [0.05, 0.1) is 11.8 Å². The highest BCUT2D eigenvalue weighted by Gasteiger charge is 2.07. The minimum Gasteiger partial charge on any atom is -0.489 e. The highest BCUT2D eigenvalue weighted by atomic mass is 32.2. The predicted octanol–water partition coefficient (Wildman–Crippen LogP) is 1.87. The third-order valence-electron chi connectivity index (χ3n) is 2.30. The molecule has 0 amide bonds. The fourth-order valence-electron chi connectivity index (χ4n) is 1.55. The molecule has 0 aliphatic rings. The molecule has 1 aromatic heterocycles. The average Bonchev–Trinajstić information content (AvgIpc) is 2.31. The minimum atomic E-state index is -0.283. The van der Waals surface area contributed by atoms with E-state index in [-0.39, 0.29) is 17.5 Å². The summed E-state index contributed by atoms with van der Waals surface area (Å²) in [5.74, 6) is 0.793. The van der Waals surface area contributed by atoms with Crippen LogP contribution >= 0.6 is 11.8 Å². The van der Waals surface area contributed by atoms with Crippen LogP contribution in [0.1, 0.15) is 13.8 Å². The smallest absolute Gasteiger partial charge is 0.253 e. The van der Waals surface area contributed by atoms with Crippen LogP contribution in [0.3, 0.4) is 0 Å². The molecule has 0 saturated heterocycles. The van der Waals surface area contributed by atoms with Crippen molar-refractivity contribution in [2.24, 2.45) is 0 Å². The molecule has 0 atom stereocenters. The van der Waals surface area contributed by atoms with E-state index < -0.39 is 0 Å². The quantitative estimate of drug-likeness (QED) is 0.586. The second-order valence-electron chi connectivity index (χ2n) is 4.44. The average molecular weight is 292 g/mol. The summed E-state index contributed by atoms with van der Waals surface area (Å²) in [7, 11) is 0. The monoisotopic (exact) mass is 292 g/mol. The number of nitrogen functional groups attached to an aromatic ring is 2. The van der Waals surface area contributed by atoms with Crippen LogP contribution < -0.4 is 21.8 Å². The Balaban J connectivity index is 2.27. The molecule has 1 aromatic carbocycles. The largest absolute Gasteiger partial charge is 0.489 e. The lowest BCUT2D eigenvalue weighted by Gasteiger charge is -2.13. The van der Waals surface area contributed by atoms with Gasteiger partial charge in [0.1, 0.15) is 11.6 Å². The second-order valence-corrected chi connectivity index (χ2v) is 5.51. The molecule has 0 saturated carbocycles. The number of ether oxygens (including phenoxy) is 1. The number of nitrogens with zero attached hydrogens (tertiary/aromatic N) is 1. The van der Waals surface area contributed by atoms with E-state index in [1.54, 1.807) is 6.07 Å². The summed E-state index contributed by atoms with van der Waals surface area (Å²) in [5.41, 5.74) is 11.7. The van der Waals surface area contributed by atoms with Gasteiger partial charge in [0.15, 0.2) is 5.16 Å². The van der Waals surface area contributed by atoms with Crippen LogP contribution in [0.4, 0.5) is 11.5 Å². The number of hydrogen-bond acceptors (Lipinski definition) is 6. The van der Waals surface area contributed by atoms with Gasteiger partial charge in [0.2, 0.25) is 0 Å². The molecule has 7 heteroatoms. The van der Waals surface area contributed by atoms with E-state index in [4.69, 9.17) is 16.2 Å². The third-order valence-corrected chi connectivity index (χ3v) is 3.18. The van der Waals surface area contributed by atoms with E-state index in [0.29, 0.717) is 16.6 Å². The van der Waals surface area contributed by atoms with Crippen LogP contribution in [-0.2, 0) is 0 Å². The van der Waals surface area contributed by atoms with Crippen molar-refractivity contribution < 1.29 is 4.74 Å². The third kappa shape index (κ3) is 3.67. The van der Waals surface area contributed by atoms with Gasteiger partial charge < -0.3 is 21.2 Å². The van der Waals surface area contributed by atoms with Gasteiger partial charge in [-0.05, 0) is 32.0 Å². The lowest BCUT2D eigenvalue weighted by molar-refractivity contribution is 0.243. The molecule has 2 aromatic rings. The standard InChI is InChI=1S/C13H16N4O2S/c1-7(2)19-10-5-8(3-4-9(10)14)20-13-16-11(15)6-12(18)17-13/h3-7H,14H2,1-2H3,(H3,15,16,17,18). The highest BCUT2D eigenvalue weighted by Crippen LogP contribution is 2.31. The number of nitrogens with one attached hydrogen (secondary N) is 1. The lowest BCUT2D eigenvalue weighted by Crippen LogP contribution is -2.09. The molecule has 20 heavy (non-hydrogen) atoms. The fourth-order valence-corrected chi connectivity index (χ4v) is 2.38. The van der Waals surface area contributed by atoms with Gasteiger partial charge in [-0.15, -0.1) is 0 Å². The minimum absolute atomic E-state index is 0.0304. The van der Waals surface area contributed by atoms with Crippen molar-refractivity contribution >= 4 is 23.3 Å². The first-order chi connectivity index (χ1) is 9.44. The Bertz CT molecular complexity index is 670. The van der Waals surface area contributed by atoms with Crippen LogP contribution in [0.15, 0.2) is 39.1 Å². The Hall–Kier alpha value is -2.15. The maximum atomic E-state index is 11.3. The summed E-state index contributed by atoms with van der Waals surface area (Å²) < 4.78 is 5.62. The first kappa shape index (κ1) is 14.3. The fraction of sp³-hybridized carbons (Fsp3) is 0.231. The molecule has 0 aliphatic heterocycles. The molecule has 6 nitrogen and oxygen atoms in total. The molecule has 0 aliphatic carbocycles. The molecule has 0 spiro atoms. The zero-order valence-corrected chi connectivity index (χ0v) is 12.0. The summed E-state index contributed by atoms with van der Waals surface area (Å²) in [4.78, 5) is 18.9. The van der Waals surface area contributed by atoms with Gasteiger partial charge in [-0.3, -0.25) is 4.79 Å². The van der Waals surface area contributed by atoms with Crippen molar-refractivity contribution in [1.29, 1.82) is 0 Å². The molecule has 0 unspecified atom stereocenters. The van der Waals surface area contributed by atoms with E-state index in [1.807, 2.05) is 26.0 Å². The van der Waals surface area contributed by atoms with Crippen molar-refractivity contribution in [3.8, 4) is 5.75 Å². The van der Waals surface area contributed by atoms with Crippen LogP contribution in [0, 0.1) is 0 Å². The van der Waals surface area contributed by atoms with Crippen LogP contribution in [-0.4, -0.2) is 16.1 Å². The summed E-state index contributed by atoms with van der Waals surface area (Å²) in [5, 5.41) is 0.426. The molecule has 106 valence electrons. The number of rotatable bonds is 4. The Kier molecular flexibility index (Phi) is 4.19. The number of nitrogens with two attached hydrogens (primary N) is 2. The topological polar surface area (TPSA) is 107 Å². The lowest BCUT2D eigenvalue weighted by atomic mass is 10.3. The molecule has 0 bridgehead atoms. The molecule has 2 rings (SSSR count). The summed E-state index contributed by atoms with van der Waals surface area (Å²) in [6.45, 7) is 3.85. The number of benzene rings is 1. The number of H-pyrrole nitrogens is 1. The first-order valence-electron chi connectivity index (χ1n) is 6.05. The summed E-state index contributed by atoms with van der Waals surface area (Å²) in [6, 6.07) is 6.63. The van der Waals surface area contributed by atoms with Crippen molar-refractivity contribution in [1.82, 2.24) is 9.97 Å². The van der Waals surface area contributed by atoms with Gasteiger partial charge in [0, 0.05) is 11.0 Å². The SMILES string of the molecule is CC(C)Oc1cc(Sc2nc(N)cc(=O)[nH]2)ccc1N.